The minimum absolute atomic E-state index is 0.00719. The molecule has 2 atom stereocenters. The summed E-state index contributed by atoms with van der Waals surface area (Å²) < 4.78 is 51.9. The maximum absolute atomic E-state index is 13.0. The highest BCUT2D eigenvalue weighted by Gasteiger charge is 2.42. The first-order chi connectivity index (χ1) is 12.8. The second kappa shape index (κ2) is 7.59. The van der Waals surface area contributed by atoms with Gasteiger partial charge in [0.1, 0.15) is 0 Å². The molecule has 0 fully saturated rings. The average molecular weight is 409 g/mol. The van der Waals surface area contributed by atoms with Crippen molar-refractivity contribution in [1.82, 2.24) is 4.72 Å². The van der Waals surface area contributed by atoms with Crippen molar-refractivity contribution < 1.29 is 30.7 Å². The summed E-state index contributed by atoms with van der Waals surface area (Å²) in [6.45, 7) is -0.139. The van der Waals surface area contributed by atoms with Crippen molar-refractivity contribution in [3.63, 3.8) is 0 Å². The highest BCUT2D eigenvalue weighted by Crippen LogP contribution is 2.24. The van der Waals surface area contributed by atoms with Gasteiger partial charge < -0.3 is 5.11 Å². The van der Waals surface area contributed by atoms with Gasteiger partial charge >= 0.3 is 16.5 Å². The van der Waals surface area contributed by atoms with Gasteiger partial charge in [-0.2, -0.15) is 0 Å². The normalized spacial score (nSPS) is 20.4. The summed E-state index contributed by atoms with van der Waals surface area (Å²) in [5.74, 6) is -1.42. The monoisotopic (exact) mass is 409 g/mol. The van der Waals surface area contributed by atoms with Crippen LogP contribution in [-0.2, 0) is 25.3 Å². The van der Waals surface area contributed by atoms with E-state index in [1.54, 1.807) is 42.5 Å². The maximum Gasteiger partial charge on any atom is 0.460 e. The molecular weight excluding hydrogens is 392 g/mol. The van der Waals surface area contributed by atoms with Gasteiger partial charge in [0.2, 0.25) is 10.0 Å². The van der Waals surface area contributed by atoms with Crippen LogP contribution in [0.2, 0.25) is 0 Å². The Kier molecular flexibility index (Phi) is 5.40. The number of sulfonamides is 1. The summed E-state index contributed by atoms with van der Waals surface area (Å²) in [5, 5.41) is 10.7. The summed E-state index contributed by atoms with van der Waals surface area (Å²) in [7, 11) is -6.91. The van der Waals surface area contributed by atoms with Crippen LogP contribution in [0.5, 0.6) is 0 Å². The number of rotatable bonds is 4. The zero-order valence-electron chi connectivity index (χ0n) is 14.0. The Morgan fingerprint density at radius 3 is 2.52 bits per heavy atom. The van der Waals surface area contributed by atoms with Gasteiger partial charge in [-0.05, 0) is 23.9 Å². The Labute approximate surface area is 157 Å². The minimum Gasteiger partial charge on any atom is -0.476 e. The van der Waals surface area contributed by atoms with Gasteiger partial charge in [0.25, 0.3) is 6.04 Å². The number of carboxylic acid groups (broad SMARTS) is 1. The molecule has 0 radical (unpaired) electrons. The van der Waals surface area contributed by atoms with Crippen LogP contribution in [-0.4, -0.2) is 50.5 Å². The number of fused-ring (bicyclic) bond motifs is 1. The zero-order valence-corrected chi connectivity index (χ0v) is 15.7. The lowest BCUT2D eigenvalue weighted by atomic mass is 10.1. The van der Waals surface area contributed by atoms with Crippen LogP contribution in [0.15, 0.2) is 59.5 Å². The van der Waals surface area contributed by atoms with E-state index in [0.717, 1.165) is 5.39 Å². The molecule has 1 aliphatic heterocycles. The summed E-state index contributed by atoms with van der Waals surface area (Å²) in [6.07, 6.45) is 3.12. The number of hydrogen-bond donors (Lipinski definition) is 2. The SMILES string of the molecule is O=C(O)C1C(NS(=O)(=O)c2cccc3ccccc23)CC=CC[N+]1=S(=O)=O. The summed E-state index contributed by atoms with van der Waals surface area (Å²) in [6, 6.07) is 9.00. The van der Waals surface area contributed by atoms with Gasteiger partial charge in [-0.1, -0.05) is 46.4 Å². The van der Waals surface area contributed by atoms with E-state index in [9.17, 15) is 26.7 Å². The molecule has 3 rings (SSSR count). The molecular formula is C17H17N2O6S2+. The molecule has 0 saturated carbocycles. The molecule has 0 saturated heterocycles. The van der Waals surface area contributed by atoms with E-state index in [1.165, 1.54) is 12.1 Å². The van der Waals surface area contributed by atoms with E-state index in [0.29, 0.717) is 9.33 Å². The molecule has 27 heavy (non-hydrogen) atoms. The fourth-order valence-electron chi connectivity index (χ4n) is 3.12. The molecule has 1 aliphatic rings. The van der Waals surface area contributed by atoms with Crippen molar-refractivity contribution in [2.24, 2.45) is 0 Å². The second-order valence-electron chi connectivity index (χ2n) is 6.01. The quantitative estimate of drug-likeness (QED) is 0.574. The van der Waals surface area contributed by atoms with Crippen molar-refractivity contribution in [3.05, 3.63) is 54.6 Å². The second-order valence-corrected chi connectivity index (χ2v) is 8.60. The molecule has 0 spiro atoms. The number of carboxylic acids is 1. The van der Waals surface area contributed by atoms with E-state index < -0.39 is 38.6 Å². The van der Waals surface area contributed by atoms with Crippen molar-refractivity contribution in [2.45, 2.75) is 23.4 Å². The Balaban J connectivity index is 2.06. The molecule has 0 aliphatic carbocycles. The van der Waals surface area contributed by atoms with E-state index in [2.05, 4.69) is 4.72 Å². The van der Waals surface area contributed by atoms with Crippen LogP contribution in [0, 0.1) is 0 Å². The van der Waals surface area contributed by atoms with Gasteiger partial charge in [0.05, 0.1) is 10.9 Å². The zero-order chi connectivity index (χ0) is 19.6. The number of hydrogen-bond acceptors (Lipinski definition) is 5. The average Bonchev–Trinajstić information content (AvgIpc) is 2.83. The molecule has 0 bridgehead atoms. The number of nitrogens with one attached hydrogen (secondary N) is 1. The summed E-state index contributed by atoms with van der Waals surface area (Å²) >= 11 is 0. The molecule has 2 unspecified atom stereocenters. The molecule has 2 aromatic carbocycles. The fourth-order valence-corrected chi connectivity index (χ4v) is 5.23. The van der Waals surface area contributed by atoms with Crippen molar-refractivity contribution >= 4 is 37.3 Å². The van der Waals surface area contributed by atoms with E-state index in [-0.39, 0.29) is 17.9 Å². The van der Waals surface area contributed by atoms with Crippen LogP contribution in [0.1, 0.15) is 6.42 Å². The minimum atomic E-state index is -4.09. The summed E-state index contributed by atoms with van der Waals surface area (Å²) in [5.41, 5.74) is 0. The summed E-state index contributed by atoms with van der Waals surface area (Å²) in [4.78, 5) is 11.7. The van der Waals surface area contributed by atoms with Crippen molar-refractivity contribution in [2.75, 3.05) is 6.54 Å². The van der Waals surface area contributed by atoms with Crippen LogP contribution < -0.4 is 4.72 Å². The Bertz CT molecular complexity index is 1160. The number of aliphatic carboxylic acids is 1. The fraction of sp³-hybridized carbons (Fsp3) is 0.235. The molecule has 1 heterocycles. The van der Waals surface area contributed by atoms with Crippen LogP contribution in [0.3, 0.4) is 0 Å². The lowest BCUT2D eigenvalue weighted by Crippen LogP contribution is -2.51. The van der Waals surface area contributed by atoms with Crippen molar-refractivity contribution in [1.29, 1.82) is 0 Å². The standard InChI is InChI=1S/C17H16N2O6S2/c20-17(21)16-14(9-3-4-11-19(16)26(22)23)18-27(24,25)15-10-5-7-12-6-1-2-8-13(12)15/h1-8,10,14,16,18H,9,11H2/p+1. The Morgan fingerprint density at radius 1 is 1.11 bits per heavy atom. The first-order valence-electron chi connectivity index (χ1n) is 8.05. The number of carbonyl (C=O) groups is 1. The van der Waals surface area contributed by atoms with Crippen molar-refractivity contribution in [3.8, 4) is 0 Å². The van der Waals surface area contributed by atoms with Crippen LogP contribution >= 0.6 is 0 Å². The third-order valence-electron chi connectivity index (χ3n) is 4.32. The predicted molar refractivity (Wildman–Crippen MR) is 97.3 cm³/mol. The smallest absolute Gasteiger partial charge is 0.460 e. The van der Waals surface area contributed by atoms with Crippen LogP contribution in [0.25, 0.3) is 10.8 Å². The molecule has 0 aromatic heterocycles. The molecule has 142 valence electrons. The molecule has 2 aromatic rings. The molecule has 2 N–H and O–H groups in total. The van der Waals surface area contributed by atoms with E-state index in [4.69, 9.17) is 0 Å². The van der Waals surface area contributed by atoms with Gasteiger partial charge in [-0.25, -0.2) is 17.9 Å². The first kappa shape index (κ1) is 19.2. The number of benzene rings is 2. The lowest BCUT2D eigenvalue weighted by Gasteiger charge is -2.19. The molecule has 10 heteroatoms. The van der Waals surface area contributed by atoms with E-state index >= 15 is 0 Å². The van der Waals surface area contributed by atoms with Gasteiger partial charge in [0, 0.05) is 5.39 Å². The molecule has 0 amide bonds. The predicted octanol–water partition coefficient (Wildman–Crippen LogP) is 0.975. The van der Waals surface area contributed by atoms with E-state index in [1.807, 2.05) is 0 Å². The third kappa shape index (κ3) is 3.92. The highest BCUT2D eigenvalue weighted by molar-refractivity contribution is 7.89. The maximum atomic E-state index is 13.0. The first-order valence-corrected chi connectivity index (χ1v) is 10.6. The van der Waals surface area contributed by atoms with Gasteiger partial charge in [-0.3, -0.25) is 0 Å². The van der Waals surface area contributed by atoms with Gasteiger partial charge in [0.15, 0.2) is 6.54 Å². The third-order valence-corrected chi connectivity index (χ3v) is 6.63. The Hall–Kier alpha value is -2.56. The number of nitrogens with zero attached hydrogens (tertiary/aromatic N) is 1. The lowest BCUT2D eigenvalue weighted by molar-refractivity contribution is -0.524. The largest absolute Gasteiger partial charge is 0.476 e. The highest BCUT2D eigenvalue weighted by atomic mass is 32.2. The topological polar surface area (TPSA) is 121 Å². The Morgan fingerprint density at radius 2 is 1.81 bits per heavy atom. The molecule has 8 nitrogen and oxygen atoms in total. The van der Waals surface area contributed by atoms with Gasteiger partial charge in [-0.15, -0.1) is 8.42 Å². The van der Waals surface area contributed by atoms with Crippen LogP contribution in [0.4, 0.5) is 0 Å².